The van der Waals surface area contributed by atoms with Gasteiger partial charge in [-0.3, -0.25) is 0 Å². The van der Waals surface area contributed by atoms with Gasteiger partial charge in [-0.15, -0.1) is 0 Å². The van der Waals surface area contributed by atoms with Crippen LogP contribution in [0.25, 0.3) is 11.3 Å². The van der Waals surface area contributed by atoms with Gasteiger partial charge in [0.25, 0.3) is 0 Å². The average molecular weight is 414 g/mol. The van der Waals surface area contributed by atoms with Crippen LogP contribution in [0.3, 0.4) is 0 Å². The maximum atomic E-state index is 13.5. The Morgan fingerprint density at radius 3 is 2.45 bits per heavy atom. The van der Waals surface area contributed by atoms with E-state index in [2.05, 4.69) is 12.1 Å². The summed E-state index contributed by atoms with van der Waals surface area (Å²) in [7, 11) is 0. The summed E-state index contributed by atoms with van der Waals surface area (Å²) in [4.78, 5) is 0. The number of aliphatic hydroxyl groups is 1. The highest BCUT2D eigenvalue weighted by molar-refractivity contribution is 5.62. The van der Waals surface area contributed by atoms with Crippen molar-refractivity contribution < 1.29 is 27.5 Å². The van der Waals surface area contributed by atoms with E-state index in [-0.39, 0.29) is 36.0 Å². The molecule has 1 atom stereocenters. The van der Waals surface area contributed by atoms with Crippen LogP contribution in [0.15, 0.2) is 28.8 Å². The molecule has 1 aromatic carbocycles. The van der Waals surface area contributed by atoms with Gasteiger partial charge in [0, 0.05) is 11.6 Å². The molecular weight excluding hydrogens is 385 g/mol. The van der Waals surface area contributed by atoms with Crippen molar-refractivity contribution in [2.75, 3.05) is 13.2 Å². The molecule has 0 aliphatic carbocycles. The van der Waals surface area contributed by atoms with Gasteiger partial charge >= 0.3 is 6.18 Å². The van der Waals surface area contributed by atoms with E-state index >= 15 is 0 Å². The monoisotopic (exact) mass is 414 g/mol. The molecule has 1 aromatic heterocycles. The van der Waals surface area contributed by atoms with E-state index in [4.69, 9.17) is 15.0 Å². The summed E-state index contributed by atoms with van der Waals surface area (Å²) in [6, 6.07) is 5.23. The van der Waals surface area contributed by atoms with Crippen molar-refractivity contribution in [1.82, 2.24) is 5.16 Å². The predicted molar refractivity (Wildman–Crippen MR) is 104 cm³/mol. The molecule has 0 amide bonds. The van der Waals surface area contributed by atoms with Gasteiger partial charge in [-0.2, -0.15) is 13.2 Å². The molecule has 3 N–H and O–H groups in total. The highest BCUT2D eigenvalue weighted by Crippen LogP contribution is 2.39. The number of halogens is 3. The van der Waals surface area contributed by atoms with Crippen LogP contribution in [-0.4, -0.2) is 23.5 Å². The third-order valence-corrected chi connectivity index (χ3v) is 4.74. The normalized spacial score (nSPS) is 14.0. The predicted octanol–water partition coefficient (Wildman–Crippen LogP) is 5.27. The summed E-state index contributed by atoms with van der Waals surface area (Å²) in [5, 5.41) is 13.1. The van der Waals surface area contributed by atoms with E-state index < -0.39 is 17.3 Å². The van der Waals surface area contributed by atoms with Gasteiger partial charge in [0.2, 0.25) is 0 Å². The second-order valence-electron chi connectivity index (χ2n) is 7.48. The molecular formula is C21H29F3N2O3. The Morgan fingerprint density at radius 1 is 1.10 bits per heavy atom. The number of hydrogen-bond acceptors (Lipinski definition) is 5. The van der Waals surface area contributed by atoms with Gasteiger partial charge in [-0.25, -0.2) is 0 Å². The largest absolute Gasteiger partial charge is 0.493 e. The van der Waals surface area contributed by atoms with Crippen molar-refractivity contribution in [2.45, 2.75) is 64.1 Å². The molecule has 2 aromatic rings. The smallest absolute Gasteiger partial charge is 0.419 e. The first-order chi connectivity index (χ1) is 13.7. The average Bonchev–Trinajstić information content (AvgIpc) is 3.18. The number of unbranched alkanes of at least 4 members (excludes halogenated alkanes) is 5. The molecule has 0 unspecified atom stereocenters. The van der Waals surface area contributed by atoms with Crippen LogP contribution >= 0.6 is 0 Å². The van der Waals surface area contributed by atoms with Gasteiger partial charge in [0.15, 0.2) is 5.76 Å². The Labute approximate surface area is 169 Å². The zero-order valence-corrected chi connectivity index (χ0v) is 16.9. The van der Waals surface area contributed by atoms with Crippen molar-refractivity contribution in [3.8, 4) is 17.0 Å². The Kier molecular flexibility index (Phi) is 8.10. The molecule has 1 heterocycles. The highest BCUT2D eigenvalue weighted by atomic mass is 19.4. The SMILES string of the molecule is CCCCCCCCOc1ccc(-c2cc([C@@](C)(N)CO)on2)cc1C(F)(F)F. The molecule has 0 saturated heterocycles. The number of benzene rings is 1. The van der Waals surface area contributed by atoms with Crippen LogP contribution in [-0.2, 0) is 11.7 Å². The van der Waals surface area contributed by atoms with E-state index in [0.29, 0.717) is 6.42 Å². The minimum atomic E-state index is -4.56. The van der Waals surface area contributed by atoms with E-state index in [1.165, 1.54) is 31.5 Å². The van der Waals surface area contributed by atoms with Crippen LogP contribution in [0.5, 0.6) is 5.75 Å². The fraction of sp³-hybridized carbons (Fsp3) is 0.571. The molecule has 0 spiro atoms. The van der Waals surface area contributed by atoms with Crippen LogP contribution in [0, 0.1) is 0 Å². The van der Waals surface area contributed by atoms with Crippen LogP contribution in [0.4, 0.5) is 13.2 Å². The van der Waals surface area contributed by atoms with Crippen LogP contribution in [0.2, 0.25) is 0 Å². The second kappa shape index (κ2) is 10.1. The molecule has 29 heavy (non-hydrogen) atoms. The Hall–Kier alpha value is -2.06. The molecule has 0 radical (unpaired) electrons. The first kappa shape index (κ1) is 23.2. The third kappa shape index (κ3) is 6.47. The fourth-order valence-electron chi connectivity index (χ4n) is 2.86. The first-order valence-electron chi connectivity index (χ1n) is 9.90. The van der Waals surface area contributed by atoms with Gasteiger partial charge in [-0.1, -0.05) is 44.2 Å². The lowest BCUT2D eigenvalue weighted by molar-refractivity contribution is -0.138. The van der Waals surface area contributed by atoms with Crippen molar-refractivity contribution in [2.24, 2.45) is 5.73 Å². The molecule has 0 aliphatic rings. The number of aromatic nitrogens is 1. The Bertz CT molecular complexity index is 773. The molecule has 0 fully saturated rings. The summed E-state index contributed by atoms with van der Waals surface area (Å²) in [5.41, 5.74) is 4.28. The van der Waals surface area contributed by atoms with E-state index in [1.807, 2.05) is 0 Å². The highest BCUT2D eigenvalue weighted by Gasteiger charge is 2.35. The van der Waals surface area contributed by atoms with Gasteiger partial charge < -0.3 is 20.1 Å². The summed E-state index contributed by atoms with van der Waals surface area (Å²) in [6.45, 7) is 3.52. The van der Waals surface area contributed by atoms with Crippen molar-refractivity contribution in [3.05, 3.63) is 35.6 Å². The molecule has 0 aliphatic heterocycles. The quantitative estimate of drug-likeness (QED) is 0.490. The standard InChI is InChI=1S/C21H29F3N2O3/c1-3-4-5-6-7-8-11-28-18-10-9-15(12-16(18)21(22,23)24)17-13-19(29-26-17)20(2,25)14-27/h9-10,12-13,27H,3-8,11,14,25H2,1-2H3/t20-/m0/s1. The van der Waals surface area contributed by atoms with Crippen molar-refractivity contribution >= 4 is 0 Å². The van der Waals surface area contributed by atoms with Gasteiger partial charge in [0.05, 0.1) is 24.3 Å². The summed E-state index contributed by atoms with van der Waals surface area (Å²) in [6.07, 6.45) is 1.60. The molecule has 2 rings (SSSR count). The number of rotatable bonds is 11. The topological polar surface area (TPSA) is 81.5 Å². The zero-order chi connectivity index (χ0) is 21.5. The number of hydrogen-bond donors (Lipinski definition) is 2. The lowest BCUT2D eigenvalue weighted by Gasteiger charge is -2.16. The number of nitrogens with two attached hydrogens (primary N) is 1. The third-order valence-electron chi connectivity index (χ3n) is 4.74. The molecule has 0 saturated carbocycles. The maximum Gasteiger partial charge on any atom is 0.419 e. The molecule has 0 bridgehead atoms. The lowest BCUT2D eigenvalue weighted by Crippen LogP contribution is -2.36. The summed E-state index contributed by atoms with van der Waals surface area (Å²) >= 11 is 0. The van der Waals surface area contributed by atoms with Gasteiger partial charge in [0.1, 0.15) is 11.4 Å². The van der Waals surface area contributed by atoms with Gasteiger partial charge in [-0.05, 0) is 31.5 Å². The Balaban J connectivity index is 2.12. The number of ether oxygens (including phenoxy) is 1. The molecule has 5 nitrogen and oxygen atoms in total. The minimum Gasteiger partial charge on any atom is -0.493 e. The fourth-order valence-corrected chi connectivity index (χ4v) is 2.86. The van der Waals surface area contributed by atoms with E-state index in [9.17, 15) is 18.3 Å². The van der Waals surface area contributed by atoms with E-state index in [1.54, 1.807) is 0 Å². The van der Waals surface area contributed by atoms with Crippen molar-refractivity contribution in [1.29, 1.82) is 0 Å². The Morgan fingerprint density at radius 2 is 1.79 bits per heavy atom. The van der Waals surface area contributed by atoms with Crippen LogP contribution < -0.4 is 10.5 Å². The molecule has 162 valence electrons. The second-order valence-corrected chi connectivity index (χ2v) is 7.48. The lowest BCUT2D eigenvalue weighted by atomic mass is 10.00. The van der Waals surface area contributed by atoms with Crippen LogP contribution in [0.1, 0.15) is 63.7 Å². The molecule has 8 heteroatoms. The summed E-state index contributed by atoms with van der Waals surface area (Å²) in [5.74, 6) is -0.00972. The van der Waals surface area contributed by atoms with Crippen molar-refractivity contribution in [3.63, 3.8) is 0 Å². The number of aliphatic hydroxyl groups excluding tert-OH is 1. The number of nitrogens with zero attached hydrogens (tertiary/aromatic N) is 1. The first-order valence-corrected chi connectivity index (χ1v) is 9.90. The zero-order valence-electron chi connectivity index (χ0n) is 16.9. The maximum absolute atomic E-state index is 13.5. The summed E-state index contributed by atoms with van der Waals surface area (Å²) < 4.78 is 51.1. The minimum absolute atomic E-state index is 0.187. The van der Waals surface area contributed by atoms with E-state index in [0.717, 1.165) is 31.7 Å². The number of alkyl halides is 3.